The first-order valence-electron chi connectivity index (χ1n) is 16.4. The van der Waals surface area contributed by atoms with Crippen molar-refractivity contribution in [2.45, 2.75) is 44.1 Å². The Bertz CT molecular complexity index is 2230. The summed E-state index contributed by atoms with van der Waals surface area (Å²) in [6.07, 6.45) is 0.134. The first kappa shape index (κ1) is 32.1. The number of imide groups is 2. The van der Waals surface area contributed by atoms with Crippen LogP contribution in [-0.2, 0) is 16.1 Å². The van der Waals surface area contributed by atoms with Gasteiger partial charge in [-0.3, -0.25) is 34.3 Å². The fourth-order valence-electron chi connectivity index (χ4n) is 7.01. The third kappa shape index (κ3) is 5.74. The van der Waals surface area contributed by atoms with Gasteiger partial charge in [0.25, 0.3) is 11.8 Å². The van der Waals surface area contributed by atoms with Crippen molar-refractivity contribution in [3.05, 3.63) is 95.6 Å². The van der Waals surface area contributed by atoms with Crippen LogP contribution in [-0.4, -0.2) is 78.5 Å². The monoisotopic (exact) mass is 692 g/mol. The summed E-state index contributed by atoms with van der Waals surface area (Å²) in [5, 5.41) is 7.43. The number of hydrogen-bond donors (Lipinski definition) is 2. The molecule has 3 aliphatic rings. The smallest absolute Gasteiger partial charge is 0.262 e. The second kappa shape index (κ2) is 12.7. The lowest BCUT2D eigenvalue weighted by molar-refractivity contribution is -0.136. The molecule has 258 valence electrons. The van der Waals surface area contributed by atoms with Crippen LogP contribution in [0.25, 0.3) is 22.3 Å². The normalized spacial score (nSPS) is 20.9. The Kier molecular flexibility index (Phi) is 7.98. The summed E-state index contributed by atoms with van der Waals surface area (Å²) in [7, 11) is 0. The summed E-state index contributed by atoms with van der Waals surface area (Å²) >= 11 is 0. The Morgan fingerprint density at radius 2 is 1.65 bits per heavy atom. The minimum absolute atomic E-state index is 0.0139. The standard InChI is InChI=1S/C36H30F2N8O5/c37-25-15-24-23(35(49)45(36(24)50)28-10-11-29(47)42-34(28)48)14-20(25)16-44-13-12-27(26(38)17-44)46-33-30(32(39)40-18-41-33)31(43-46)19-6-8-22(9-7-19)51-21-4-2-1-3-5-21/h1-9,14-15,18,26-28H,10-13,16-17H2,(H2,39,40,41)(H,42,47,48)/t26-,27+,28?/m1/s1. The SMILES string of the molecule is Nc1ncnc2c1c(-c1ccc(Oc3ccccc3)cc1)nn2[C@H]1CCN(Cc2cc3c(cc2F)C(=O)N(C2CCC(=O)NC2=O)C3=O)C[C@H]1F. The topological polar surface area (TPSA) is 166 Å². The highest BCUT2D eigenvalue weighted by molar-refractivity contribution is 6.23. The average Bonchev–Trinajstić information content (AvgIpc) is 3.61. The maximum atomic E-state index is 16.1. The molecule has 0 saturated carbocycles. The van der Waals surface area contributed by atoms with Crippen LogP contribution in [0.1, 0.15) is 51.6 Å². The van der Waals surface area contributed by atoms with E-state index in [1.165, 1.54) is 12.4 Å². The van der Waals surface area contributed by atoms with E-state index in [2.05, 4.69) is 15.3 Å². The number of carbonyl (C=O) groups is 4. The van der Waals surface area contributed by atoms with Gasteiger partial charge >= 0.3 is 0 Å². The quantitative estimate of drug-likeness (QED) is 0.236. The van der Waals surface area contributed by atoms with E-state index < -0.39 is 47.7 Å². The van der Waals surface area contributed by atoms with E-state index in [4.69, 9.17) is 15.6 Å². The summed E-state index contributed by atoms with van der Waals surface area (Å²) in [4.78, 5) is 61.4. The molecule has 3 N–H and O–H groups in total. The summed E-state index contributed by atoms with van der Waals surface area (Å²) in [5.41, 5.74) is 7.80. The van der Waals surface area contributed by atoms with Gasteiger partial charge in [-0.15, -0.1) is 0 Å². The zero-order valence-corrected chi connectivity index (χ0v) is 27.0. The van der Waals surface area contributed by atoms with Crippen LogP contribution in [0.5, 0.6) is 11.5 Å². The number of anilines is 1. The Balaban J connectivity index is 1.00. The molecule has 13 nitrogen and oxygen atoms in total. The number of hydrogen-bond acceptors (Lipinski definition) is 10. The molecule has 3 atom stereocenters. The first-order valence-corrected chi connectivity index (χ1v) is 16.4. The number of nitrogen functional groups attached to an aromatic ring is 1. The number of nitrogens with two attached hydrogens (primary N) is 1. The van der Waals surface area contributed by atoms with Crippen molar-refractivity contribution in [2.24, 2.45) is 0 Å². The molecule has 8 rings (SSSR count). The summed E-state index contributed by atoms with van der Waals surface area (Å²) in [5.74, 6) is -2.00. The predicted octanol–water partition coefficient (Wildman–Crippen LogP) is 4.19. The number of nitrogens with zero attached hydrogens (tertiary/aromatic N) is 6. The van der Waals surface area contributed by atoms with Gasteiger partial charge in [0, 0.05) is 37.2 Å². The number of ether oxygens (including phenoxy) is 1. The van der Waals surface area contributed by atoms with Gasteiger partial charge in [-0.05, 0) is 61.4 Å². The molecule has 0 bridgehead atoms. The van der Waals surface area contributed by atoms with E-state index in [1.807, 2.05) is 42.5 Å². The number of carbonyl (C=O) groups excluding carboxylic acids is 4. The van der Waals surface area contributed by atoms with Crippen LogP contribution in [0.2, 0.25) is 0 Å². The molecule has 0 aliphatic carbocycles. The largest absolute Gasteiger partial charge is 0.457 e. The number of aromatic nitrogens is 4. The maximum Gasteiger partial charge on any atom is 0.262 e. The second-order valence-electron chi connectivity index (χ2n) is 12.7. The molecule has 51 heavy (non-hydrogen) atoms. The van der Waals surface area contributed by atoms with E-state index >= 15 is 8.78 Å². The van der Waals surface area contributed by atoms with Gasteiger partial charge in [-0.25, -0.2) is 23.4 Å². The third-order valence-corrected chi connectivity index (χ3v) is 9.53. The molecule has 3 aliphatic heterocycles. The second-order valence-corrected chi connectivity index (χ2v) is 12.7. The minimum Gasteiger partial charge on any atom is -0.457 e. The number of amides is 4. The molecule has 2 saturated heterocycles. The summed E-state index contributed by atoms with van der Waals surface area (Å²) in [6.45, 7) is 0.267. The van der Waals surface area contributed by atoms with Crippen LogP contribution in [0.15, 0.2) is 73.1 Å². The number of para-hydroxylation sites is 1. The molecule has 4 amide bonds. The van der Waals surface area contributed by atoms with Crippen LogP contribution in [0.4, 0.5) is 14.6 Å². The molecule has 2 fully saturated rings. The lowest BCUT2D eigenvalue weighted by Gasteiger charge is -2.35. The molecule has 2 aromatic heterocycles. The van der Waals surface area contributed by atoms with E-state index in [9.17, 15) is 19.2 Å². The van der Waals surface area contributed by atoms with E-state index in [0.29, 0.717) is 46.8 Å². The fraction of sp³-hybridized carbons (Fsp3) is 0.250. The number of halogens is 2. The van der Waals surface area contributed by atoms with Gasteiger partial charge in [-0.2, -0.15) is 5.10 Å². The zero-order chi connectivity index (χ0) is 35.4. The average molecular weight is 693 g/mol. The van der Waals surface area contributed by atoms with Crippen molar-refractivity contribution >= 4 is 40.5 Å². The van der Waals surface area contributed by atoms with Crippen molar-refractivity contribution in [2.75, 3.05) is 18.8 Å². The maximum absolute atomic E-state index is 16.1. The summed E-state index contributed by atoms with van der Waals surface area (Å²) < 4.78 is 38.9. The van der Waals surface area contributed by atoms with Crippen LogP contribution < -0.4 is 15.8 Å². The number of alkyl halides is 1. The van der Waals surface area contributed by atoms with Crippen molar-refractivity contribution < 1.29 is 32.7 Å². The van der Waals surface area contributed by atoms with Gasteiger partial charge in [0.2, 0.25) is 11.8 Å². The zero-order valence-electron chi connectivity index (χ0n) is 27.0. The van der Waals surface area contributed by atoms with Crippen LogP contribution in [0, 0.1) is 5.82 Å². The highest BCUT2D eigenvalue weighted by atomic mass is 19.1. The van der Waals surface area contributed by atoms with Crippen molar-refractivity contribution in [1.82, 2.24) is 34.9 Å². The van der Waals surface area contributed by atoms with Crippen molar-refractivity contribution in [1.29, 1.82) is 0 Å². The fourth-order valence-corrected chi connectivity index (χ4v) is 7.01. The molecule has 5 aromatic rings. The van der Waals surface area contributed by atoms with E-state index in [-0.39, 0.29) is 48.4 Å². The minimum atomic E-state index is -1.43. The highest BCUT2D eigenvalue weighted by Gasteiger charge is 2.45. The van der Waals surface area contributed by atoms with Gasteiger partial charge in [0.15, 0.2) is 5.65 Å². The van der Waals surface area contributed by atoms with Gasteiger partial charge < -0.3 is 10.5 Å². The molecular weight excluding hydrogens is 662 g/mol. The number of benzene rings is 3. The van der Waals surface area contributed by atoms with Crippen molar-refractivity contribution in [3.8, 4) is 22.8 Å². The van der Waals surface area contributed by atoms with Crippen LogP contribution >= 0.6 is 0 Å². The Hall–Kier alpha value is -6.09. The number of nitrogens with one attached hydrogen (secondary N) is 1. The predicted molar refractivity (Wildman–Crippen MR) is 179 cm³/mol. The number of fused-ring (bicyclic) bond motifs is 2. The van der Waals surface area contributed by atoms with E-state index in [0.717, 1.165) is 11.0 Å². The number of piperidine rings is 2. The Morgan fingerprint density at radius 1 is 0.922 bits per heavy atom. The molecular formula is C36H30F2N8O5. The van der Waals surface area contributed by atoms with Gasteiger partial charge in [0.05, 0.1) is 22.6 Å². The molecule has 3 aromatic carbocycles. The Morgan fingerprint density at radius 3 is 2.37 bits per heavy atom. The third-order valence-electron chi connectivity index (χ3n) is 9.53. The molecule has 1 unspecified atom stereocenters. The molecule has 5 heterocycles. The lowest BCUT2D eigenvalue weighted by atomic mass is 10.0. The molecule has 15 heteroatoms. The van der Waals surface area contributed by atoms with Gasteiger partial charge in [-0.1, -0.05) is 18.2 Å². The number of likely N-dealkylation sites (tertiary alicyclic amines) is 1. The lowest BCUT2D eigenvalue weighted by Crippen LogP contribution is -2.54. The molecule has 0 spiro atoms. The van der Waals surface area contributed by atoms with Gasteiger partial charge in [0.1, 0.15) is 47.4 Å². The number of rotatable bonds is 7. The molecule has 0 radical (unpaired) electrons. The van der Waals surface area contributed by atoms with E-state index in [1.54, 1.807) is 21.7 Å². The summed E-state index contributed by atoms with van der Waals surface area (Å²) in [6, 6.07) is 17.0. The Labute approximate surface area is 289 Å². The highest BCUT2D eigenvalue weighted by Crippen LogP contribution is 2.37. The first-order chi connectivity index (χ1) is 24.7. The van der Waals surface area contributed by atoms with Crippen LogP contribution in [0.3, 0.4) is 0 Å². The van der Waals surface area contributed by atoms with Crippen molar-refractivity contribution in [3.63, 3.8) is 0 Å².